The van der Waals surface area contributed by atoms with Crippen LogP contribution in [-0.4, -0.2) is 32.0 Å². The van der Waals surface area contributed by atoms with Crippen LogP contribution in [-0.2, 0) is 4.79 Å². The van der Waals surface area contributed by atoms with Gasteiger partial charge in [-0.3, -0.25) is 9.59 Å². The van der Waals surface area contributed by atoms with E-state index in [-0.39, 0.29) is 11.8 Å². The molecule has 0 saturated heterocycles. The normalized spacial score (nSPS) is 10.2. The molecule has 0 radical (unpaired) electrons. The lowest BCUT2D eigenvalue weighted by atomic mass is 10.1. The predicted octanol–water partition coefficient (Wildman–Crippen LogP) is 2.03. The molecule has 1 rings (SSSR count). The van der Waals surface area contributed by atoms with Gasteiger partial charge in [0.1, 0.15) is 0 Å². The Balaban J connectivity index is 2.84. The number of carbonyl (C=O) groups excluding carboxylic acids is 2. The Morgan fingerprint density at radius 1 is 1.25 bits per heavy atom. The third-order valence-corrected chi connectivity index (χ3v) is 2.87. The number of nitrogens with one attached hydrogen (secondary N) is 3. The van der Waals surface area contributed by atoms with Gasteiger partial charge in [-0.2, -0.15) is 0 Å². The second kappa shape index (κ2) is 8.55. The second-order valence-corrected chi connectivity index (χ2v) is 4.78. The summed E-state index contributed by atoms with van der Waals surface area (Å²) in [5.74, 6) is -0.376. The lowest BCUT2D eigenvalue weighted by Gasteiger charge is -2.11. The van der Waals surface area contributed by atoms with E-state index in [1.54, 1.807) is 25.2 Å². The zero-order valence-electron chi connectivity index (χ0n) is 11.8. The highest BCUT2D eigenvalue weighted by Gasteiger charge is 2.13. The van der Waals surface area contributed by atoms with Crippen molar-refractivity contribution in [3.05, 3.63) is 28.8 Å². The molecular weight excluding hydrogens is 278 g/mol. The van der Waals surface area contributed by atoms with E-state index >= 15 is 0 Å². The van der Waals surface area contributed by atoms with Gasteiger partial charge in [0.2, 0.25) is 5.91 Å². The summed E-state index contributed by atoms with van der Waals surface area (Å²) < 4.78 is 0. The minimum atomic E-state index is -0.215. The van der Waals surface area contributed by atoms with Crippen molar-refractivity contribution in [2.45, 2.75) is 19.8 Å². The standard InChI is InChI=1S/C14H20ClN3O2/c1-3-7-17-14(20)11-5-4-10(15)9-12(11)18-13(19)6-8-16-2/h4-5,9,16H,3,6-8H2,1-2H3,(H,17,20)(H,18,19). The molecule has 0 fully saturated rings. The van der Waals surface area contributed by atoms with Gasteiger partial charge in [0.05, 0.1) is 11.3 Å². The van der Waals surface area contributed by atoms with E-state index in [9.17, 15) is 9.59 Å². The first-order valence-electron chi connectivity index (χ1n) is 6.60. The van der Waals surface area contributed by atoms with E-state index in [0.717, 1.165) is 6.42 Å². The van der Waals surface area contributed by atoms with Crippen LogP contribution in [0.1, 0.15) is 30.1 Å². The topological polar surface area (TPSA) is 70.2 Å². The van der Waals surface area contributed by atoms with Crippen molar-refractivity contribution in [2.24, 2.45) is 0 Å². The third kappa shape index (κ3) is 5.19. The first-order valence-corrected chi connectivity index (χ1v) is 6.98. The highest BCUT2D eigenvalue weighted by molar-refractivity contribution is 6.31. The Hall–Kier alpha value is -1.59. The van der Waals surface area contributed by atoms with E-state index < -0.39 is 0 Å². The second-order valence-electron chi connectivity index (χ2n) is 4.35. The van der Waals surface area contributed by atoms with Crippen molar-refractivity contribution in [2.75, 3.05) is 25.5 Å². The monoisotopic (exact) mass is 297 g/mol. The van der Waals surface area contributed by atoms with Gasteiger partial charge in [-0.25, -0.2) is 0 Å². The first-order chi connectivity index (χ1) is 9.58. The quantitative estimate of drug-likeness (QED) is 0.721. The summed E-state index contributed by atoms with van der Waals surface area (Å²) in [6.45, 7) is 3.14. The molecule has 0 heterocycles. The van der Waals surface area contributed by atoms with Crippen LogP contribution in [0.25, 0.3) is 0 Å². The zero-order chi connectivity index (χ0) is 15.0. The van der Waals surface area contributed by atoms with E-state index in [1.807, 2.05) is 6.92 Å². The number of anilines is 1. The molecule has 20 heavy (non-hydrogen) atoms. The first kappa shape index (κ1) is 16.5. The summed E-state index contributed by atoms with van der Waals surface area (Å²) in [5, 5.41) is 8.87. The van der Waals surface area contributed by atoms with Crippen molar-refractivity contribution < 1.29 is 9.59 Å². The minimum absolute atomic E-state index is 0.161. The molecule has 0 spiro atoms. The molecule has 0 saturated carbocycles. The van der Waals surface area contributed by atoms with Crippen LogP contribution in [0, 0.1) is 0 Å². The van der Waals surface area contributed by atoms with Gasteiger partial charge in [-0.15, -0.1) is 0 Å². The molecule has 0 aliphatic carbocycles. The molecule has 1 aromatic carbocycles. The van der Waals surface area contributed by atoms with Crippen molar-refractivity contribution in [3.63, 3.8) is 0 Å². The fourth-order valence-electron chi connectivity index (χ4n) is 1.60. The SMILES string of the molecule is CCCNC(=O)c1ccc(Cl)cc1NC(=O)CCNC. The van der Waals surface area contributed by atoms with Crippen LogP contribution in [0.4, 0.5) is 5.69 Å². The third-order valence-electron chi connectivity index (χ3n) is 2.64. The van der Waals surface area contributed by atoms with Gasteiger partial charge >= 0.3 is 0 Å². The summed E-state index contributed by atoms with van der Waals surface area (Å²) in [6.07, 6.45) is 1.18. The number of amides is 2. The molecule has 0 aliphatic heterocycles. The molecule has 0 bridgehead atoms. The van der Waals surface area contributed by atoms with Crippen LogP contribution in [0.2, 0.25) is 5.02 Å². The molecule has 0 aliphatic rings. The van der Waals surface area contributed by atoms with Crippen LogP contribution in [0.5, 0.6) is 0 Å². The number of halogens is 1. The Kier molecular flexibility index (Phi) is 7.04. The van der Waals surface area contributed by atoms with Crippen molar-refractivity contribution in [3.8, 4) is 0 Å². The zero-order valence-corrected chi connectivity index (χ0v) is 12.5. The lowest BCUT2D eigenvalue weighted by molar-refractivity contribution is -0.116. The summed E-state index contributed by atoms with van der Waals surface area (Å²) in [5.41, 5.74) is 0.855. The van der Waals surface area contributed by atoms with Gasteiger partial charge in [0.15, 0.2) is 0 Å². The highest BCUT2D eigenvalue weighted by Crippen LogP contribution is 2.21. The predicted molar refractivity (Wildman–Crippen MR) is 81.2 cm³/mol. The number of hydrogen-bond donors (Lipinski definition) is 3. The maximum atomic E-state index is 12.0. The van der Waals surface area contributed by atoms with Crippen molar-refractivity contribution in [1.82, 2.24) is 10.6 Å². The highest BCUT2D eigenvalue weighted by atomic mass is 35.5. The molecule has 6 heteroatoms. The van der Waals surface area contributed by atoms with Crippen LogP contribution in [0.3, 0.4) is 0 Å². The summed E-state index contributed by atoms with van der Waals surface area (Å²) >= 11 is 5.92. The molecule has 2 amide bonds. The van der Waals surface area contributed by atoms with Crippen LogP contribution in [0.15, 0.2) is 18.2 Å². The van der Waals surface area contributed by atoms with E-state index in [4.69, 9.17) is 11.6 Å². The molecule has 5 nitrogen and oxygen atoms in total. The molecule has 1 aromatic rings. The van der Waals surface area contributed by atoms with E-state index in [2.05, 4.69) is 16.0 Å². The Labute approximate surface area is 124 Å². The van der Waals surface area contributed by atoms with Gasteiger partial charge < -0.3 is 16.0 Å². The van der Waals surface area contributed by atoms with Crippen LogP contribution >= 0.6 is 11.6 Å². The van der Waals surface area contributed by atoms with Gasteiger partial charge in [-0.1, -0.05) is 18.5 Å². The van der Waals surface area contributed by atoms with E-state index in [1.165, 1.54) is 0 Å². The summed E-state index contributed by atoms with van der Waals surface area (Å²) in [4.78, 5) is 23.8. The molecule has 0 atom stereocenters. The minimum Gasteiger partial charge on any atom is -0.352 e. The van der Waals surface area contributed by atoms with Crippen LogP contribution < -0.4 is 16.0 Å². The molecule has 3 N–H and O–H groups in total. The summed E-state index contributed by atoms with van der Waals surface area (Å²) in [6, 6.07) is 4.83. The van der Waals surface area contributed by atoms with E-state index in [0.29, 0.717) is 35.8 Å². The molecule has 0 aromatic heterocycles. The number of benzene rings is 1. The van der Waals surface area contributed by atoms with Crippen molar-refractivity contribution in [1.29, 1.82) is 0 Å². The molecular formula is C14H20ClN3O2. The van der Waals surface area contributed by atoms with Gasteiger partial charge in [0, 0.05) is 24.5 Å². The largest absolute Gasteiger partial charge is 0.352 e. The molecule has 110 valence electrons. The van der Waals surface area contributed by atoms with Gasteiger partial charge in [0.25, 0.3) is 5.91 Å². The average Bonchev–Trinajstić information content (AvgIpc) is 2.42. The Bertz CT molecular complexity index is 477. The smallest absolute Gasteiger partial charge is 0.253 e. The Morgan fingerprint density at radius 3 is 2.65 bits per heavy atom. The summed E-state index contributed by atoms with van der Waals surface area (Å²) in [7, 11) is 1.77. The molecule has 0 unspecified atom stereocenters. The maximum Gasteiger partial charge on any atom is 0.253 e. The number of hydrogen-bond acceptors (Lipinski definition) is 3. The Morgan fingerprint density at radius 2 is 2.00 bits per heavy atom. The average molecular weight is 298 g/mol. The maximum absolute atomic E-state index is 12.0. The fraction of sp³-hybridized carbons (Fsp3) is 0.429. The van der Waals surface area contributed by atoms with Crippen molar-refractivity contribution >= 4 is 29.1 Å². The lowest BCUT2D eigenvalue weighted by Crippen LogP contribution is -2.26. The van der Waals surface area contributed by atoms with Gasteiger partial charge in [-0.05, 0) is 31.7 Å². The fourth-order valence-corrected chi connectivity index (χ4v) is 1.77. The number of rotatable bonds is 7. The number of carbonyl (C=O) groups is 2.